The zero-order valence-corrected chi connectivity index (χ0v) is 20.4. The van der Waals surface area contributed by atoms with Crippen molar-refractivity contribution < 1.29 is 18.6 Å². The fraction of sp³-hybridized carbons (Fsp3) is 0.385. The molecule has 1 aromatic carbocycles. The number of fused-ring (bicyclic) bond motifs is 3. The van der Waals surface area contributed by atoms with Gasteiger partial charge in [0.2, 0.25) is 5.95 Å². The highest BCUT2D eigenvalue weighted by molar-refractivity contribution is 5.83. The van der Waals surface area contributed by atoms with Gasteiger partial charge in [0.15, 0.2) is 11.6 Å². The third-order valence-corrected chi connectivity index (χ3v) is 6.97. The van der Waals surface area contributed by atoms with Crippen molar-refractivity contribution >= 4 is 22.8 Å². The van der Waals surface area contributed by atoms with Crippen molar-refractivity contribution in [2.24, 2.45) is 5.92 Å². The molecular formula is C26H27F2N7O2. The summed E-state index contributed by atoms with van der Waals surface area (Å²) in [5.74, 6) is 0.437. The van der Waals surface area contributed by atoms with Crippen LogP contribution in [-0.4, -0.2) is 60.8 Å². The smallest absolute Gasteiger partial charge is 0.229 e. The molecule has 2 N–H and O–H groups in total. The predicted octanol–water partition coefficient (Wildman–Crippen LogP) is 3.82. The van der Waals surface area contributed by atoms with Crippen molar-refractivity contribution in [3.05, 3.63) is 59.7 Å². The maximum Gasteiger partial charge on any atom is 0.229 e. The Morgan fingerprint density at radius 1 is 1.14 bits per heavy atom. The molecule has 0 amide bonds. The molecular weight excluding hydrogens is 480 g/mol. The standard InChI is InChI=1S/C26H27F2N7O2/c1-15-13-37-14-23-32-25-19(27)6-18(7-21(25)35(15)23)24-20(28)9-30-26(33-24)31-22-3-2-16(8-29-22)10-34-5-4-17(11-34)12-36/h2-3,6-9,15,17,36H,4-5,10-14H2,1H3,(H,29,30,31,33). The summed E-state index contributed by atoms with van der Waals surface area (Å²) < 4.78 is 37.3. The summed E-state index contributed by atoms with van der Waals surface area (Å²) in [6.07, 6.45) is 3.84. The molecule has 6 rings (SSSR count). The molecule has 2 unspecified atom stereocenters. The minimum atomic E-state index is -0.658. The van der Waals surface area contributed by atoms with E-state index in [1.165, 1.54) is 6.07 Å². The molecule has 11 heteroatoms. The second kappa shape index (κ2) is 9.73. The number of pyridine rings is 1. The maximum absolute atomic E-state index is 15.0. The second-order valence-electron chi connectivity index (χ2n) is 9.73. The summed E-state index contributed by atoms with van der Waals surface area (Å²) >= 11 is 0. The van der Waals surface area contributed by atoms with E-state index in [9.17, 15) is 9.50 Å². The van der Waals surface area contributed by atoms with E-state index in [1.54, 1.807) is 12.3 Å². The Morgan fingerprint density at radius 3 is 2.81 bits per heavy atom. The minimum Gasteiger partial charge on any atom is -0.396 e. The topological polar surface area (TPSA) is 101 Å². The van der Waals surface area contributed by atoms with Crippen LogP contribution in [0.15, 0.2) is 36.7 Å². The number of nitrogens with zero attached hydrogens (tertiary/aromatic N) is 6. The number of benzene rings is 1. The van der Waals surface area contributed by atoms with E-state index in [4.69, 9.17) is 4.74 Å². The average molecular weight is 508 g/mol. The summed E-state index contributed by atoms with van der Waals surface area (Å²) in [7, 11) is 0. The lowest BCUT2D eigenvalue weighted by Gasteiger charge is -2.22. The number of anilines is 2. The third kappa shape index (κ3) is 4.65. The summed E-state index contributed by atoms with van der Waals surface area (Å²) in [6, 6.07) is 6.71. The predicted molar refractivity (Wildman–Crippen MR) is 133 cm³/mol. The third-order valence-electron chi connectivity index (χ3n) is 6.97. The van der Waals surface area contributed by atoms with E-state index in [-0.39, 0.29) is 29.8 Å². The molecule has 0 bridgehead atoms. The molecule has 0 aliphatic carbocycles. The first-order valence-corrected chi connectivity index (χ1v) is 12.3. The van der Waals surface area contributed by atoms with Crippen LogP contribution >= 0.6 is 0 Å². The summed E-state index contributed by atoms with van der Waals surface area (Å²) in [6.45, 7) is 5.58. The van der Waals surface area contributed by atoms with Crippen LogP contribution in [0, 0.1) is 17.6 Å². The Balaban J connectivity index is 1.24. The van der Waals surface area contributed by atoms with Crippen LogP contribution in [0.1, 0.15) is 30.8 Å². The van der Waals surface area contributed by atoms with Gasteiger partial charge in [-0.05, 0) is 49.6 Å². The first-order chi connectivity index (χ1) is 18.0. The molecule has 2 aliphatic heterocycles. The fourth-order valence-electron chi connectivity index (χ4n) is 5.13. The van der Waals surface area contributed by atoms with Gasteiger partial charge in [0, 0.05) is 31.5 Å². The number of aromatic nitrogens is 5. The van der Waals surface area contributed by atoms with Crippen molar-refractivity contribution in [3.8, 4) is 11.3 Å². The van der Waals surface area contributed by atoms with E-state index in [0.29, 0.717) is 41.9 Å². The monoisotopic (exact) mass is 507 g/mol. The Morgan fingerprint density at radius 2 is 2.03 bits per heavy atom. The first-order valence-electron chi connectivity index (χ1n) is 12.3. The Bertz CT molecular complexity index is 1440. The SMILES string of the molecule is CC1COCc2nc3c(F)cc(-c4nc(Nc5ccc(CN6CCC(CO)C6)cn5)ncc4F)cc3n21. The van der Waals surface area contributed by atoms with Crippen LogP contribution in [0.2, 0.25) is 0 Å². The molecule has 0 saturated carbocycles. The fourth-order valence-corrected chi connectivity index (χ4v) is 5.13. The molecule has 4 aromatic rings. The molecule has 1 saturated heterocycles. The van der Waals surface area contributed by atoms with Gasteiger partial charge < -0.3 is 19.7 Å². The lowest BCUT2D eigenvalue weighted by molar-refractivity contribution is 0.0621. The molecule has 2 atom stereocenters. The van der Waals surface area contributed by atoms with Gasteiger partial charge in [-0.15, -0.1) is 0 Å². The quantitative estimate of drug-likeness (QED) is 0.406. The van der Waals surface area contributed by atoms with Gasteiger partial charge in [0.05, 0.1) is 24.4 Å². The van der Waals surface area contributed by atoms with E-state index < -0.39 is 11.6 Å². The van der Waals surface area contributed by atoms with E-state index in [0.717, 1.165) is 37.8 Å². The largest absolute Gasteiger partial charge is 0.396 e. The molecule has 0 radical (unpaired) electrons. The van der Waals surface area contributed by atoms with Crippen LogP contribution in [0.4, 0.5) is 20.5 Å². The molecule has 0 spiro atoms. The Kier molecular flexibility index (Phi) is 6.27. The highest BCUT2D eigenvalue weighted by atomic mass is 19.1. The van der Waals surface area contributed by atoms with Crippen molar-refractivity contribution in [3.63, 3.8) is 0 Å². The number of nitrogens with one attached hydrogen (secondary N) is 1. The number of halogens is 2. The van der Waals surface area contributed by atoms with Gasteiger partial charge in [0.1, 0.15) is 29.5 Å². The van der Waals surface area contributed by atoms with Gasteiger partial charge in [-0.3, -0.25) is 4.90 Å². The number of aliphatic hydroxyl groups excluding tert-OH is 1. The zero-order valence-electron chi connectivity index (χ0n) is 20.4. The van der Waals surface area contributed by atoms with Crippen LogP contribution in [-0.2, 0) is 17.9 Å². The number of hydrogen-bond acceptors (Lipinski definition) is 8. The second-order valence-corrected chi connectivity index (χ2v) is 9.73. The van der Waals surface area contributed by atoms with E-state index in [2.05, 4.69) is 30.2 Å². The lowest BCUT2D eigenvalue weighted by atomic mass is 10.1. The highest BCUT2D eigenvalue weighted by Gasteiger charge is 2.24. The highest BCUT2D eigenvalue weighted by Crippen LogP contribution is 2.32. The molecule has 37 heavy (non-hydrogen) atoms. The molecule has 5 heterocycles. The summed E-state index contributed by atoms with van der Waals surface area (Å²) in [5, 5.41) is 12.3. The average Bonchev–Trinajstić information content (AvgIpc) is 3.51. The molecule has 3 aromatic heterocycles. The first kappa shape index (κ1) is 23.8. The Labute approximate surface area is 212 Å². The molecule has 9 nitrogen and oxygen atoms in total. The van der Waals surface area contributed by atoms with E-state index in [1.807, 2.05) is 23.6 Å². The summed E-state index contributed by atoms with van der Waals surface area (Å²) in [5.41, 5.74) is 2.14. The van der Waals surface area contributed by atoms with Crippen LogP contribution in [0.25, 0.3) is 22.3 Å². The zero-order chi connectivity index (χ0) is 25.5. The van der Waals surface area contributed by atoms with Crippen molar-refractivity contribution in [2.45, 2.75) is 32.5 Å². The Hall–Kier alpha value is -3.54. The minimum absolute atomic E-state index is 0.0161. The van der Waals surface area contributed by atoms with Crippen LogP contribution in [0.3, 0.4) is 0 Å². The van der Waals surface area contributed by atoms with Gasteiger partial charge in [-0.1, -0.05) is 6.07 Å². The van der Waals surface area contributed by atoms with Crippen LogP contribution < -0.4 is 5.32 Å². The van der Waals surface area contributed by atoms with Gasteiger partial charge >= 0.3 is 0 Å². The number of hydrogen-bond donors (Lipinski definition) is 2. The van der Waals surface area contributed by atoms with Gasteiger partial charge in [-0.2, -0.15) is 0 Å². The normalized spacial score (nSPS) is 19.9. The number of likely N-dealkylation sites (tertiary alicyclic amines) is 1. The van der Waals surface area contributed by atoms with Crippen molar-refractivity contribution in [2.75, 3.05) is 31.6 Å². The number of ether oxygens (including phenoxy) is 1. The molecule has 2 aliphatic rings. The van der Waals surface area contributed by atoms with Gasteiger partial charge in [-0.25, -0.2) is 28.7 Å². The number of aliphatic hydroxyl groups is 1. The number of rotatable bonds is 6. The van der Waals surface area contributed by atoms with E-state index >= 15 is 4.39 Å². The number of imidazole rings is 1. The molecule has 1 fully saturated rings. The summed E-state index contributed by atoms with van der Waals surface area (Å²) in [4.78, 5) is 19.5. The van der Waals surface area contributed by atoms with Gasteiger partial charge in [0.25, 0.3) is 0 Å². The molecule has 192 valence electrons. The van der Waals surface area contributed by atoms with Crippen molar-refractivity contribution in [1.82, 2.24) is 29.4 Å². The van der Waals surface area contributed by atoms with Crippen LogP contribution in [0.5, 0.6) is 0 Å². The maximum atomic E-state index is 15.0. The lowest BCUT2D eigenvalue weighted by Crippen LogP contribution is -2.21. The van der Waals surface area contributed by atoms with Crippen molar-refractivity contribution in [1.29, 1.82) is 0 Å².